The Morgan fingerprint density at radius 3 is 2.31 bits per heavy atom. The van der Waals surface area contributed by atoms with Crippen LogP contribution in [-0.4, -0.2) is 33.3 Å². The molecule has 0 aliphatic carbocycles. The Morgan fingerprint density at radius 1 is 0.914 bits per heavy atom. The lowest BCUT2D eigenvalue weighted by Crippen LogP contribution is -2.38. The first-order valence-electron chi connectivity index (χ1n) is 10.9. The van der Waals surface area contributed by atoms with Gasteiger partial charge in [-0.2, -0.15) is 0 Å². The van der Waals surface area contributed by atoms with E-state index in [4.69, 9.17) is 23.2 Å². The molecule has 0 aromatic heterocycles. The van der Waals surface area contributed by atoms with Crippen LogP contribution in [-0.2, 0) is 14.8 Å². The third-order valence-corrected chi connectivity index (χ3v) is 7.32. The van der Waals surface area contributed by atoms with Crippen LogP contribution in [0.15, 0.2) is 77.7 Å². The molecule has 7 nitrogen and oxygen atoms in total. The highest BCUT2D eigenvalue weighted by molar-refractivity contribution is 7.92. The minimum atomic E-state index is -4.14. The minimum Gasteiger partial charge on any atom is -0.352 e. The van der Waals surface area contributed by atoms with Crippen LogP contribution in [0.2, 0.25) is 10.0 Å². The minimum absolute atomic E-state index is 0.0367. The first-order chi connectivity index (χ1) is 16.7. The van der Waals surface area contributed by atoms with Gasteiger partial charge in [-0.3, -0.25) is 13.9 Å². The summed E-state index contributed by atoms with van der Waals surface area (Å²) < 4.78 is 27.9. The van der Waals surface area contributed by atoms with Crippen LogP contribution >= 0.6 is 23.2 Å². The zero-order chi connectivity index (χ0) is 25.4. The first kappa shape index (κ1) is 26.5. The summed E-state index contributed by atoms with van der Waals surface area (Å²) in [7, 11) is -4.14. The zero-order valence-corrected chi connectivity index (χ0v) is 21.3. The number of nitrogens with zero attached hydrogens (tertiary/aromatic N) is 1. The number of anilines is 2. The fourth-order valence-electron chi connectivity index (χ4n) is 3.26. The fourth-order valence-corrected chi connectivity index (χ4v) is 4.99. The van der Waals surface area contributed by atoms with Gasteiger partial charge < -0.3 is 10.6 Å². The second kappa shape index (κ2) is 12.1. The molecule has 3 aromatic carbocycles. The van der Waals surface area contributed by atoms with Crippen LogP contribution in [0.25, 0.3) is 0 Å². The molecule has 0 bridgehead atoms. The molecule has 0 heterocycles. The van der Waals surface area contributed by atoms with Gasteiger partial charge in [0.25, 0.3) is 15.9 Å². The van der Waals surface area contributed by atoms with Crippen LogP contribution in [0.4, 0.5) is 11.4 Å². The van der Waals surface area contributed by atoms with Gasteiger partial charge in [0.1, 0.15) is 6.54 Å². The standard InChI is InChI=1S/C25H25Cl2N3O4S/c1-2-3-15-28-25(32)22-9-4-5-10-23(22)29-24(31)17-30(20-8-6-7-19(27)16-20)35(33,34)21-13-11-18(26)12-14-21/h4-14,16H,2-3,15,17H2,1H3,(H,28,32)(H,29,31). The van der Waals surface area contributed by atoms with Crippen molar-refractivity contribution in [3.8, 4) is 0 Å². The second-order valence-corrected chi connectivity index (χ2v) is 10.4. The largest absolute Gasteiger partial charge is 0.352 e. The average Bonchev–Trinajstić information content (AvgIpc) is 2.83. The van der Waals surface area contributed by atoms with Gasteiger partial charge in [0.05, 0.1) is 21.8 Å². The maximum atomic E-state index is 13.5. The molecular formula is C25H25Cl2N3O4S. The number of rotatable bonds is 10. The highest BCUT2D eigenvalue weighted by Gasteiger charge is 2.28. The van der Waals surface area contributed by atoms with Gasteiger partial charge in [-0.05, 0) is 61.0 Å². The van der Waals surface area contributed by atoms with Gasteiger partial charge in [0, 0.05) is 16.6 Å². The molecule has 3 rings (SSSR count). The SMILES string of the molecule is CCCCNC(=O)c1ccccc1NC(=O)CN(c1cccc(Cl)c1)S(=O)(=O)c1ccc(Cl)cc1. The number of sulfonamides is 1. The Balaban J connectivity index is 1.89. The van der Waals surface area contributed by atoms with Crippen molar-refractivity contribution in [2.45, 2.75) is 24.7 Å². The van der Waals surface area contributed by atoms with Crippen molar-refractivity contribution in [1.29, 1.82) is 0 Å². The van der Waals surface area contributed by atoms with E-state index in [0.717, 1.165) is 17.1 Å². The van der Waals surface area contributed by atoms with Crippen molar-refractivity contribution in [1.82, 2.24) is 5.32 Å². The predicted molar refractivity (Wildman–Crippen MR) is 140 cm³/mol. The van der Waals surface area contributed by atoms with E-state index in [1.165, 1.54) is 30.3 Å². The molecule has 0 saturated carbocycles. The summed E-state index contributed by atoms with van der Waals surface area (Å²) in [5.74, 6) is -0.953. The summed E-state index contributed by atoms with van der Waals surface area (Å²) in [6, 6.07) is 18.4. The Morgan fingerprint density at radius 2 is 1.63 bits per heavy atom. The van der Waals surface area contributed by atoms with E-state index >= 15 is 0 Å². The number of hydrogen-bond acceptors (Lipinski definition) is 4. The topological polar surface area (TPSA) is 95.6 Å². The summed E-state index contributed by atoms with van der Waals surface area (Å²) >= 11 is 12.0. The highest BCUT2D eigenvalue weighted by Crippen LogP contribution is 2.27. The van der Waals surface area contributed by atoms with Gasteiger partial charge in [-0.1, -0.05) is 54.7 Å². The average molecular weight is 534 g/mol. The number of carbonyl (C=O) groups is 2. The lowest BCUT2D eigenvalue weighted by atomic mass is 10.1. The van der Waals surface area contributed by atoms with E-state index in [1.807, 2.05) is 6.92 Å². The third kappa shape index (κ3) is 6.97. The summed E-state index contributed by atoms with van der Waals surface area (Å²) in [4.78, 5) is 25.6. The van der Waals surface area contributed by atoms with Crippen molar-refractivity contribution in [2.75, 3.05) is 22.7 Å². The van der Waals surface area contributed by atoms with E-state index < -0.39 is 22.5 Å². The van der Waals surface area contributed by atoms with Gasteiger partial charge >= 0.3 is 0 Å². The normalized spacial score (nSPS) is 11.1. The quantitative estimate of drug-likeness (QED) is 0.343. The maximum absolute atomic E-state index is 13.5. The highest BCUT2D eigenvalue weighted by atomic mass is 35.5. The van der Waals surface area contributed by atoms with Gasteiger partial charge in [0.2, 0.25) is 5.91 Å². The number of hydrogen-bond donors (Lipinski definition) is 2. The van der Waals surface area contributed by atoms with Crippen LogP contribution in [0.3, 0.4) is 0 Å². The summed E-state index contributed by atoms with van der Waals surface area (Å²) in [6.07, 6.45) is 1.76. The number of benzene rings is 3. The fraction of sp³-hybridized carbons (Fsp3) is 0.200. The van der Waals surface area contributed by atoms with E-state index in [0.29, 0.717) is 16.6 Å². The van der Waals surface area contributed by atoms with Crippen molar-refractivity contribution in [2.24, 2.45) is 0 Å². The smallest absolute Gasteiger partial charge is 0.264 e. The molecule has 0 aliphatic heterocycles. The van der Waals surface area contributed by atoms with Crippen molar-refractivity contribution < 1.29 is 18.0 Å². The lowest BCUT2D eigenvalue weighted by molar-refractivity contribution is -0.114. The van der Waals surface area contributed by atoms with Crippen LogP contribution in [0.1, 0.15) is 30.1 Å². The van der Waals surface area contributed by atoms with E-state index in [9.17, 15) is 18.0 Å². The molecule has 0 aliphatic rings. The number of carbonyl (C=O) groups excluding carboxylic acids is 2. The molecule has 0 radical (unpaired) electrons. The van der Waals surface area contributed by atoms with Crippen LogP contribution in [0, 0.1) is 0 Å². The molecular weight excluding hydrogens is 509 g/mol. The number of para-hydroxylation sites is 1. The molecule has 2 amide bonds. The molecule has 0 spiro atoms. The van der Waals surface area contributed by atoms with E-state index in [2.05, 4.69) is 10.6 Å². The Kier molecular flexibility index (Phi) is 9.14. The number of halogens is 2. The van der Waals surface area contributed by atoms with Crippen molar-refractivity contribution in [3.05, 3.63) is 88.4 Å². The Hall–Kier alpha value is -3.07. The molecule has 0 saturated heterocycles. The van der Waals surface area contributed by atoms with Gasteiger partial charge in [-0.25, -0.2) is 8.42 Å². The maximum Gasteiger partial charge on any atom is 0.264 e. The molecule has 0 atom stereocenters. The van der Waals surface area contributed by atoms with E-state index in [-0.39, 0.29) is 27.7 Å². The summed E-state index contributed by atoms with van der Waals surface area (Å²) in [5, 5.41) is 6.18. The molecule has 184 valence electrons. The second-order valence-electron chi connectivity index (χ2n) is 7.65. The third-order valence-electron chi connectivity index (χ3n) is 5.05. The van der Waals surface area contributed by atoms with Crippen molar-refractivity contribution in [3.63, 3.8) is 0 Å². The number of amides is 2. The number of unbranched alkanes of at least 4 members (excludes halogenated alkanes) is 1. The lowest BCUT2D eigenvalue weighted by Gasteiger charge is -2.24. The van der Waals surface area contributed by atoms with E-state index in [1.54, 1.807) is 42.5 Å². The summed E-state index contributed by atoms with van der Waals surface area (Å²) in [5.41, 5.74) is 0.779. The first-order valence-corrected chi connectivity index (χ1v) is 13.1. The van der Waals surface area contributed by atoms with Crippen LogP contribution in [0.5, 0.6) is 0 Å². The van der Waals surface area contributed by atoms with Gasteiger partial charge in [0.15, 0.2) is 0 Å². The molecule has 35 heavy (non-hydrogen) atoms. The molecule has 0 fully saturated rings. The molecule has 10 heteroatoms. The Labute approximate surface area is 215 Å². The van der Waals surface area contributed by atoms with Crippen molar-refractivity contribution >= 4 is 56.4 Å². The predicted octanol–water partition coefficient (Wildman–Crippen LogP) is 5.36. The number of nitrogens with one attached hydrogen (secondary N) is 2. The molecule has 0 unspecified atom stereocenters. The summed E-state index contributed by atoms with van der Waals surface area (Å²) in [6.45, 7) is 1.99. The molecule has 3 aromatic rings. The van der Waals surface area contributed by atoms with Crippen LogP contribution < -0.4 is 14.9 Å². The zero-order valence-electron chi connectivity index (χ0n) is 19.0. The molecule has 2 N–H and O–H groups in total. The Bertz CT molecular complexity index is 1300. The monoisotopic (exact) mass is 533 g/mol. The van der Waals surface area contributed by atoms with Gasteiger partial charge in [-0.15, -0.1) is 0 Å².